The number of methoxy groups -OCH3 is 1. The Morgan fingerprint density at radius 2 is 1.92 bits per heavy atom. The molecule has 0 radical (unpaired) electrons. The average molecular weight is 547 g/mol. The van der Waals surface area contributed by atoms with Gasteiger partial charge in [-0.25, -0.2) is 19.6 Å². The van der Waals surface area contributed by atoms with Crippen molar-refractivity contribution >= 4 is 17.4 Å². The number of nitrogens with two attached hydrogens (primary N) is 2. The zero-order valence-corrected chi connectivity index (χ0v) is 23.5. The van der Waals surface area contributed by atoms with Gasteiger partial charge in [-0.3, -0.25) is 9.59 Å². The van der Waals surface area contributed by atoms with Crippen molar-refractivity contribution in [2.45, 2.75) is 65.3 Å². The molecule has 4 rings (SSSR count). The molecule has 2 aliphatic rings. The van der Waals surface area contributed by atoms with E-state index < -0.39 is 5.92 Å². The molecule has 0 aromatic carbocycles. The molecule has 1 aliphatic heterocycles. The number of likely N-dealkylation sites (N-methyl/N-ethyl adjacent to an activating group) is 1. The third-order valence-corrected chi connectivity index (χ3v) is 7.14. The third kappa shape index (κ3) is 8.01. The minimum atomic E-state index is -2.70. The van der Waals surface area contributed by atoms with Crippen LogP contribution in [0.15, 0.2) is 34.9 Å². The Hall–Kier alpha value is -3.47. The fourth-order valence-electron chi connectivity index (χ4n) is 4.61. The monoisotopic (exact) mass is 546 g/mol. The number of esters is 1. The molecule has 2 aromatic heterocycles. The summed E-state index contributed by atoms with van der Waals surface area (Å²) in [6.45, 7) is 5.47. The smallest absolute Gasteiger partial charge is 0.302 e. The summed E-state index contributed by atoms with van der Waals surface area (Å²) in [6, 6.07) is 5.51. The highest BCUT2D eigenvalue weighted by Crippen LogP contribution is 2.33. The lowest BCUT2D eigenvalue weighted by atomic mass is 10.1. The molecule has 2 aromatic rings. The first-order valence-corrected chi connectivity index (χ1v) is 13.1. The highest BCUT2D eigenvalue weighted by Gasteiger charge is 2.35. The van der Waals surface area contributed by atoms with Crippen molar-refractivity contribution in [3.63, 3.8) is 0 Å². The largest absolute Gasteiger partial charge is 0.469 e. The summed E-state index contributed by atoms with van der Waals surface area (Å²) >= 11 is 0. The summed E-state index contributed by atoms with van der Waals surface area (Å²) in [5, 5.41) is 1.39. The lowest BCUT2D eigenvalue weighted by Gasteiger charge is -2.34. The van der Waals surface area contributed by atoms with Gasteiger partial charge in [0.25, 0.3) is 11.5 Å². The standard InChI is InChI=1S/C25H34F2N6O.C3H6O2/c1-16-19(13-18-5-6-18)9-12-32(24(16)34)14-22(31(3)29)23(28)20-7-8-21(17(2)30-20)33-11-4-10-25(26,27)15-33;1-3(4)5-2/h7-9,12,18H,4-6,10-11,13-15,28-29H2,1-3H3;1-2H3/b23-22-;. The molecule has 1 saturated carbocycles. The average Bonchev–Trinajstić information content (AvgIpc) is 3.69. The van der Waals surface area contributed by atoms with Crippen molar-refractivity contribution in [3.8, 4) is 0 Å². The van der Waals surface area contributed by atoms with Crippen molar-refractivity contribution in [3.05, 3.63) is 63.0 Å². The van der Waals surface area contributed by atoms with Crippen LogP contribution in [-0.4, -0.2) is 53.7 Å². The normalized spacial score (nSPS) is 17.1. The summed E-state index contributed by atoms with van der Waals surface area (Å²) in [5.41, 5.74) is 10.9. The van der Waals surface area contributed by atoms with Crippen molar-refractivity contribution in [1.82, 2.24) is 14.6 Å². The number of hydrogen-bond acceptors (Lipinski definition) is 8. The van der Waals surface area contributed by atoms with E-state index in [4.69, 9.17) is 11.6 Å². The van der Waals surface area contributed by atoms with E-state index in [2.05, 4.69) is 9.72 Å². The Bertz CT molecular complexity index is 1270. The number of anilines is 1. The van der Waals surface area contributed by atoms with E-state index in [0.29, 0.717) is 47.4 Å². The number of piperidine rings is 1. The second-order valence-corrected chi connectivity index (χ2v) is 10.4. The third-order valence-electron chi connectivity index (χ3n) is 7.14. The molecule has 0 spiro atoms. The molecule has 2 fully saturated rings. The fraction of sp³-hybridized carbons (Fsp3) is 0.536. The summed E-state index contributed by atoms with van der Waals surface area (Å²) in [6.07, 6.45) is 5.55. The lowest BCUT2D eigenvalue weighted by molar-refractivity contribution is -0.137. The Morgan fingerprint density at radius 3 is 2.46 bits per heavy atom. The zero-order valence-electron chi connectivity index (χ0n) is 23.5. The number of pyridine rings is 2. The quantitative estimate of drug-likeness (QED) is 0.308. The van der Waals surface area contributed by atoms with Gasteiger partial charge in [0, 0.05) is 38.7 Å². The van der Waals surface area contributed by atoms with Gasteiger partial charge in [0.05, 0.1) is 48.7 Å². The maximum Gasteiger partial charge on any atom is 0.302 e. The molecule has 3 heterocycles. The molecule has 0 atom stereocenters. The fourth-order valence-corrected chi connectivity index (χ4v) is 4.61. The minimum Gasteiger partial charge on any atom is -0.469 e. The molecule has 0 bridgehead atoms. The molecule has 214 valence electrons. The predicted octanol–water partition coefficient (Wildman–Crippen LogP) is 3.36. The molecule has 9 nitrogen and oxygen atoms in total. The Kier molecular flexibility index (Phi) is 9.71. The summed E-state index contributed by atoms with van der Waals surface area (Å²) in [4.78, 5) is 28.9. The summed E-state index contributed by atoms with van der Waals surface area (Å²) < 4.78 is 33.5. The molecule has 0 unspecified atom stereocenters. The number of ether oxygens (including phenoxy) is 1. The molecule has 4 N–H and O–H groups in total. The summed E-state index contributed by atoms with van der Waals surface area (Å²) in [5.74, 6) is 3.85. The second kappa shape index (κ2) is 12.6. The van der Waals surface area contributed by atoms with Crippen molar-refractivity contribution in [2.24, 2.45) is 17.5 Å². The van der Waals surface area contributed by atoms with Crippen LogP contribution in [0.4, 0.5) is 14.5 Å². The van der Waals surface area contributed by atoms with Crippen molar-refractivity contribution in [2.75, 3.05) is 32.1 Å². The van der Waals surface area contributed by atoms with Crippen molar-refractivity contribution in [1.29, 1.82) is 0 Å². The topological polar surface area (TPSA) is 120 Å². The van der Waals surface area contributed by atoms with Crippen LogP contribution >= 0.6 is 0 Å². The van der Waals surface area contributed by atoms with Gasteiger partial charge < -0.3 is 24.9 Å². The van der Waals surface area contributed by atoms with Crippen LogP contribution in [0.25, 0.3) is 5.70 Å². The number of carbonyl (C=O) groups is 1. The van der Waals surface area contributed by atoms with Gasteiger partial charge in [0.2, 0.25) is 0 Å². The van der Waals surface area contributed by atoms with Gasteiger partial charge in [0.15, 0.2) is 0 Å². The number of alkyl halides is 2. The van der Waals surface area contributed by atoms with Gasteiger partial charge in [-0.2, -0.15) is 0 Å². The van der Waals surface area contributed by atoms with E-state index >= 15 is 0 Å². The van der Waals surface area contributed by atoms with Crippen LogP contribution in [0.5, 0.6) is 0 Å². The number of allylic oxidation sites excluding steroid dienone is 1. The molecule has 1 saturated heterocycles. The van der Waals surface area contributed by atoms with Gasteiger partial charge in [0.1, 0.15) is 0 Å². The molecule has 11 heteroatoms. The number of aryl methyl sites for hydroxylation is 1. The van der Waals surface area contributed by atoms with Gasteiger partial charge in [-0.15, -0.1) is 0 Å². The minimum absolute atomic E-state index is 0.0594. The lowest BCUT2D eigenvalue weighted by Crippen LogP contribution is -2.43. The Balaban J connectivity index is 0.000000771. The first-order chi connectivity index (χ1) is 18.3. The first kappa shape index (κ1) is 30.1. The number of hydrazine groups is 1. The van der Waals surface area contributed by atoms with E-state index in [1.807, 2.05) is 13.0 Å². The van der Waals surface area contributed by atoms with E-state index in [1.165, 1.54) is 31.9 Å². The molecule has 0 amide bonds. The van der Waals surface area contributed by atoms with Gasteiger partial charge in [-0.05, 0) is 69.2 Å². The summed E-state index contributed by atoms with van der Waals surface area (Å²) in [7, 11) is 3.01. The van der Waals surface area contributed by atoms with Crippen LogP contribution < -0.4 is 22.0 Å². The molecular weight excluding hydrogens is 506 g/mol. The number of carbonyl (C=O) groups excluding carboxylic acids is 1. The van der Waals surface area contributed by atoms with Gasteiger partial charge in [-0.1, -0.05) is 0 Å². The predicted molar refractivity (Wildman–Crippen MR) is 148 cm³/mol. The van der Waals surface area contributed by atoms with Gasteiger partial charge >= 0.3 is 5.97 Å². The maximum absolute atomic E-state index is 13.9. The maximum atomic E-state index is 13.9. The number of halogens is 2. The number of aromatic nitrogens is 2. The number of nitrogens with zero attached hydrogens (tertiary/aromatic N) is 4. The highest BCUT2D eigenvalue weighted by atomic mass is 19.3. The molecular formula is C28H40F2N6O3. The van der Waals surface area contributed by atoms with E-state index in [-0.39, 0.29) is 31.0 Å². The van der Waals surface area contributed by atoms with E-state index in [0.717, 1.165) is 17.5 Å². The number of hydrogen-bond donors (Lipinski definition) is 2. The molecule has 1 aliphatic carbocycles. The molecule has 39 heavy (non-hydrogen) atoms. The van der Waals surface area contributed by atoms with E-state index in [1.54, 1.807) is 41.8 Å². The zero-order chi connectivity index (χ0) is 28.9. The Morgan fingerprint density at radius 1 is 1.26 bits per heavy atom. The van der Waals surface area contributed by atoms with Crippen LogP contribution in [-0.2, 0) is 22.5 Å². The van der Waals surface area contributed by atoms with Crippen molar-refractivity contribution < 1.29 is 18.3 Å². The van der Waals surface area contributed by atoms with E-state index in [9.17, 15) is 18.4 Å². The first-order valence-electron chi connectivity index (χ1n) is 13.1. The van der Waals surface area contributed by atoms with Crippen LogP contribution in [0.2, 0.25) is 0 Å². The second-order valence-electron chi connectivity index (χ2n) is 10.4. The van der Waals surface area contributed by atoms with Crippen LogP contribution in [0, 0.1) is 19.8 Å². The Labute approximate surface area is 228 Å². The SMILES string of the molecule is COC(C)=O.Cc1nc(/C(N)=C(\Cn2ccc(CC3CC3)c(C)c2=O)N(C)N)ccc1N1CCCC(F)(F)C1. The number of rotatable bonds is 7. The van der Waals surface area contributed by atoms with Crippen LogP contribution in [0.1, 0.15) is 55.1 Å². The van der Waals surface area contributed by atoms with Crippen LogP contribution in [0.3, 0.4) is 0 Å². The highest BCUT2D eigenvalue weighted by molar-refractivity contribution is 5.66.